The van der Waals surface area contributed by atoms with E-state index in [0.717, 1.165) is 88.4 Å². The molecule has 0 atom stereocenters. The molecule has 0 radical (unpaired) electrons. The van der Waals surface area contributed by atoms with Gasteiger partial charge in [0.05, 0.1) is 45.1 Å². The first-order chi connectivity index (χ1) is 34.9. The van der Waals surface area contributed by atoms with E-state index >= 15 is 0 Å². The zero-order valence-electron chi connectivity index (χ0n) is 42.1. The van der Waals surface area contributed by atoms with Crippen molar-refractivity contribution in [1.82, 2.24) is 14.1 Å². The quantitative estimate of drug-likeness (QED) is 0.160. The van der Waals surface area contributed by atoms with Crippen LogP contribution in [0.4, 0.5) is 0 Å². The summed E-state index contributed by atoms with van der Waals surface area (Å²) in [6, 6.07) is 65.5. The highest BCUT2D eigenvalue weighted by molar-refractivity contribution is 6.14. The molecule has 0 saturated heterocycles. The Hall–Kier alpha value is -8.78. The van der Waals surface area contributed by atoms with Gasteiger partial charge < -0.3 is 9.13 Å². The molecule has 12 aromatic rings. The van der Waals surface area contributed by atoms with Crippen molar-refractivity contribution >= 4 is 43.6 Å². The minimum atomic E-state index is 0.565. The molecule has 3 aromatic heterocycles. The molecule has 9 aromatic carbocycles. The number of aryl methyl sites for hydroxylation is 8. The minimum absolute atomic E-state index is 0.565. The number of pyridine rings is 1. The first kappa shape index (κ1) is 44.4. The molecular formula is C68H54N4. The zero-order chi connectivity index (χ0) is 49.5. The van der Waals surface area contributed by atoms with Crippen LogP contribution in [0, 0.1) is 66.7 Å². The highest BCUT2D eigenvalue weighted by Gasteiger charge is 2.25. The smallest absolute Gasteiger partial charge is 0.0993 e. The number of aromatic nitrogens is 3. The first-order valence-electron chi connectivity index (χ1n) is 24.9. The van der Waals surface area contributed by atoms with Crippen molar-refractivity contribution in [2.24, 2.45) is 0 Å². The molecule has 0 amide bonds. The van der Waals surface area contributed by atoms with E-state index in [1.54, 1.807) is 0 Å². The number of rotatable bonds is 7. The summed E-state index contributed by atoms with van der Waals surface area (Å²) < 4.78 is 4.86. The van der Waals surface area contributed by atoms with Gasteiger partial charge in [-0.25, -0.2) is 0 Å². The maximum absolute atomic E-state index is 11.3. The van der Waals surface area contributed by atoms with Crippen molar-refractivity contribution in [1.29, 1.82) is 5.26 Å². The molecule has 0 N–H and O–H groups in total. The van der Waals surface area contributed by atoms with Crippen LogP contribution in [-0.2, 0) is 0 Å². The third-order valence-electron chi connectivity index (χ3n) is 15.0. The van der Waals surface area contributed by atoms with Gasteiger partial charge >= 0.3 is 0 Å². The monoisotopic (exact) mass is 926 g/mol. The Kier molecular flexibility index (Phi) is 10.7. The molecule has 0 bridgehead atoms. The van der Waals surface area contributed by atoms with E-state index in [4.69, 9.17) is 0 Å². The lowest BCUT2D eigenvalue weighted by atomic mass is 9.96. The van der Waals surface area contributed by atoms with Crippen LogP contribution in [0.25, 0.3) is 111 Å². The molecule has 0 aliphatic heterocycles. The molecule has 0 spiro atoms. The maximum Gasteiger partial charge on any atom is 0.0993 e. The number of fused-ring (bicyclic) bond motifs is 6. The fraction of sp³-hybridized carbons (Fsp3) is 0.118. The standard InChI is InChI=1S/C68H54N4/c1-40-9-17-54(44(5)29-40)50-13-21-58-59-22-14-51(55-18-10-41(2)30-45(55)6)36-63(59)71(62(58)35-50)66-33-48(39-69)34-67(68(66)49-25-27-70-28-26-49)72-64-37-52(56-19-11-42(3)31-46(56)7)15-23-60(64)61-24-16-53(38-65(61)72)57-20-12-43(4)32-47(57)8/h9-38H,1-8H3. The average molecular weight is 927 g/mol. The predicted molar refractivity (Wildman–Crippen MR) is 303 cm³/mol. The van der Waals surface area contributed by atoms with Gasteiger partial charge in [-0.2, -0.15) is 5.26 Å². The number of nitrogens with zero attached hydrogens (tertiary/aromatic N) is 4. The molecule has 0 unspecified atom stereocenters. The second-order valence-electron chi connectivity index (χ2n) is 20.1. The van der Waals surface area contributed by atoms with Crippen LogP contribution in [0.15, 0.2) is 182 Å². The van der Waals surface area contributed by atoms with E-state index in [-0.39, 0.29) is 0 Å². The van der Waals surface area contributed by atoms with Crippen molar-refractivity contribution in [2.75, 3.05) is 0 Å². The second kappa shape index (κ2) is 17.3. The maximum atomic E-state index is 11.3. The Morgan fingerprint density at radius 3 is 0.917 bits per heavy atom. The fourth-order valence-electron chi connectivity index (χ4n) is 11.6. The van der Waals surface area contributed by atoms with Crippen LogP contribution in [0.2, 0.25) is 0 Å². The molecule has 4 heteroatoms. The third kappa shape index (κ3) is 7.40. The first-order valence-corrected chi connectivity index (χ1v) is 24.9. The summed E-state index contributed by atoms with van der Waals surface area (Å²) >= 11 is 0. The summed E-state index contributed by atoms with van der Waals surface area (Å²) in [5, 5.41) is 15.9. The Morgan fingerprint density at radius 2 is 0.639 bits per heavy atom. The molecule has 0 aliphatic carbocycles. The van der Waals surface area contributed by atoms with E-state index < -0.39 is 0 Å². The van der Waals surface area contributed by atoms with E-state index in [9.17, 15) is 5.26 Å². The van der Waals surface area contributed by atoms with Gasteiger partial charge in [-0.1, -0.05) is 144 Å². The van der Waals surface area contributed by atoms with Crippen molar-refractivity contribution in [3.8, 4) is 73.1 Å². The third-order valence-corrected chi connectivity index (χ3v) is 15.0. The number of hydrogen-bond donors (Lipinski definition) is 0. The summed E-state index contributed by atoms with van der Waals surface area (Å²) in [5.41, 5.74) is 27.8. The molecule has 0 saturated carbocycles. The Labute approximate surface area is 421 Å². The highest BCUT2D eigenvalue weighted by atomic mass is 15.0. The summed E-state index contributed by atoms with van der Waals surface area (Å²) in [4.78, 5) is 4.56. The minimum Gasteiger partial charge on any atom is -0.308 e. The Bertz CT molecular complexity index is 3790. The molecule has 72 heavy (non-hydrogen) atoms. The molecule has 346 valence electrons. The second-order valence-corrected chi connectivity index (χ2v) is 20.1. The van der Waals surface area contributed by atoms with Crippen LogP contribution >= 0.6 is 0 Å². The van der Waals surface area contributed by atoms with E-state index in [1.807, 2.05) is 12.4 Å². The lowest BCUT2D eigenvalue weighted by Crippen LogP contribution is -2.05. The van der Waals surface area contributed by atoms with Crippen LogP contribution in [0.1, 0.15) is 50.1 Å². The molecule has 3 heterocycles. The van der Waals surface area contributed by atoms with Gasteiger partial charge in [-0.05, 0) is 176 Å². The molecular weight excluding hydrogens is 873 g/mol. The predicted octanol–water partition coefficient (Wildman–Crippen LogP) is 17.9. The molecule has 0 aliphatic rings. The fourth-order valence-corrected chi connectivity index (χ4v) is 11.6. The lowest BCUT2D eigenvalue weighted by Gasteiger charge is -2.21. The number of benzene rings is 9. The van der Waals surface area contributed by atoms with Crippen LogP contribution < -0.4 is 0 Å². The normalized spacial score (nSPS) is 11.6. The van der Waals surface area contributed by atoms with Crippen LogP contribution in [0.5, 0.6) is 0 Å². The number of nitriles is 1. The molecule has 4 nitrogen and oxygen atoms in total. The van der Waals surface area contributed by atoms with E-state index in [1.165, 1.54) is 66.8 Å². The van der Waals surface area contributed by atoms with Crippen molar-refractivity contribution < 1.29 is 0 Å². The van der Waals surface area contributed by atoms with Crippen LogP contribution in [0.3, 0.4) is 0 Å². The summed E-state index contributed by atoms with van der Waals surface area (Å²) in [5.74, 6) is 0. The van der Waals surface area contributed by atoms with Gasteiger partial charge in [0.25, 0.3) is 0 Å². The topological polar surface area (TPSA) is 46.5 Å². The van der Waals surface area contributed by atoms with Gasteiger partial charge in [-0.3, -0.25) is 4.98 Å². The lowest BCUT2D eigenvalue weighted by molar-refractivity contribution is 1.13. The summed E-state index contributed by atoms with van der Waals surface area (Å²) in [6.07, 6.45) is 3.76. The van der Waals surface area contributed by atoms with E-state index in [2.05, 4.69) is 245 Å². The SMILES string of the molecule is Cc1ccc(-c2ccc3c4ccc(-c5ccc(C)cc5C)cc4n(-c4cc(C#N)cc(-n5c6cc(-c7ccc(C)cc7C)ccc6c6ccc(-c7ccc(C)cc7C)cc65)c4-c4ccncc4)c3c2)c(C)c1. The van der Waals surface area contributed by atoms with Crippen molar-refractivity contribution in [2.45, 2.75) is 55.4 Å². The molecule has 0 fully saturated rings. The average Bonchev–Trinajstić information content (AvgIpc) is 3.87. The number of hydrogen-bond acceptors (Lipinski definition) is 2. The largest absolute Gasteiger partial charge is 0.308 e. The zero-order valence-corrected chi connectivity index (χ0v) is 42.1. The van der Waals surface area contributed by atoms with E-state index in [0.29, 0.717) is 5.56 Å². The summed E-state index contributed by atoms with van der Waals surface area (Å²) in [6.45, 7) is 17.4. The summed E-state index contributed by atoms with van der Waals surface area (Å²) in [7, 11) is 0. The Morgan fingerprint density at radius 1 is 0.333 bits per heavy atom. The van der Waals surface area contributed by atoms with Crippen molar-refractivity contribution in [3.05, 3.63) is 232 Å². The van der Waals surface area contributed by atoms with Gasteiger partial charge in [0.1, 0.15) is 0 Å². The Balaban J connectivity index is 1.24. The van der Waals surface area contributed by atoms with Gasteiger partial charge in [0.2, 0.25) is 0 Å². The van der Waals surface area contributed by atoms with Crippen molar-refractivity contribution in [3.63, 3.8) is 0 Å². The van der Waals surface area contributed by atoms with Gasteiger partial charge in [0, 0.05) is 39.5 Å². The molecule has 12 rings (SSSR count). The van der Waals surface area contributed by atoms with Gasteiger partial charge in [-0.15, -0.1) is 0 Å². The van der Waals surface area contributed by atoms with Crippen LogP contribution in [-0.4, -0.2) is 14.1 Å². The highest BCUT2D eigenvalue weighted by Crippen LogP contribution is 2.46. The van der Waals surface area contributed by atoms with Gasteiger partial charge in [0.15, 0.2) is 0 Å².